The van der Waals surface area contributed by atoms with Gasteiger partial charge in [-0.1, -0.05) is 17.7 Å². The van der Waals surface area contributed by atoms with Crippen LogP contribution < -0.4 is 5.32 Å². The van der Waals surface area contributed by atoms with Crippen LogP contribution >= 0.6 is 23.4 Å². The molecule has 1 amide bonds. The number of carboxylic acids is 1. The van der Waals surface area contributed by atoms with E-state index in [0.29, 0.717) is 22.9 Å². The first kappa shape index (κ1) is 16.9. The van der Waals surface area contributed by atoms with Crippen LogP contribution in [0, 0.1) is 6.92 Å². The van der Waals surface area contributed by atoms with Crippen LogP contribution in [-0.2, 0) is 4.79 Å². The quantitative estimate of drug-likeness (QED) is 0.869. The molecular weight excluding hydrogens is 350 g/mol. The van der Waals surface area contributed by atoms with Crippen LogP contribution in [0.1, 0.15) is 22.6 Å². The Kier molecular flexibility index (Phi) is 4.56. The third kappa shape index (κ3) is 3.14. The molecule has 1 aliphatic rings. The number of thioether (sulfide) groups is 1. The topological polar surface area (TPSA) is 84.2 Å². The molecule has 1 aliphatic heterocycles. The van der Waals surface area contributed by atoms with Gasteiger partial charge in [0.05, 0.1) is 5.69 Å². The summed E-state index contributed by atoms with van der Waals surface area (Å²) in [5.41, 5.74) is 0.469. The molecule has 126 valence electrons. The van der Waals surface area contributed by atoms with E-state index < -0.39 is 17.4 Å². The van der Waals surface area contributed by atoms with E-state index in [2.05, 4.69) is 10.4 Å². The van der Waals surface area contributed by atoms with E-state index in [-0.39, 0.29) is 5.69 Å². The number of halogens is 1. The van der Waals surface area contributed by atoms with Crippen LogP contribution in [0.5, 0.6) is 0 Å². The molecule has 1 saturated heterocycles. The number of benzene rings is 1. The zero-order chi connectivity index (χ0) is 17.3. The molecule has 0 radical (unpaired) electrons. The van der Waals surface area contributed by atoms with E-state index in [1.807, 2.05) is 13.0 Å². The number of aromatic nitrogens is 2. The first-order chi connectivity index (χ1) is 11.4. The summed E-state index contributed by atoms with van der Waals surface area (Å²) in [4.78, 5) is 24.0. The maximum absolute atomic E-state index is 12.5. The predicted molar refractivity (Wildman–Crippen MR) is 93.1 cm³/mol. The molecule has 0 spiro atoms. The molecule has 0 saturated carbocycles. The van der Waals surface area contributed by atoms with Gasteiger partial charge < -0.3 is 10.4 Å². The Morgan fingerprint density at radius 3 is 2.83 bits per heavy atom. The maximum atomic E-state index is 12.5. The van der Waals surface area contributed by atoms with Crippen molar-refractivity contribution in [3.63, 3.8) is 0 Å². The van der Waals surface area contributed by atoms with Gasteiger partial charge in [0.2, 0.25) is 0 Å². The van der Waals surface area contributed by atoms with Crippen LogP contribution in [0.4, 0.5) is 0 Å². The fraction of sp³-hybridized carbons (Fsp3) is 0.312. The molecule has 8 heteroatoms. The van der Waals surface area contributed by atoms with Gasteiger partial charge in [-0.3, -0.25) is 4.79 Å². The number of carbonyl (C=O) groups excluding carboxylic acids is 1. The lowest BCUT2D eigenvalue weighted by Gasteiger charge is -2.23. The molecule has 24 heavy (non-hydrogen) atoms. The summed E-state index contributed by atoms with van der Waals surface area (Å²) >= 11 is 7.51. The monoisotopic (exact) mass is 365 g/mol. The summed E-state index contributed by atoms with van der Waals surface area (Å²) < 4.78 is 1.61. The van der Waals surface area contributed by atoms with Gasteiger partial charge in [0.25, 0.3) is 5.91 Å². The van der Waals surface area contributed by atoms with Gasteiger partial charge in [-0.05, 0) is 43.4 Å². The molecule has 6 nitrogen and oxygen atoms in total. The highest BCUT2D eigenvalue weighted by Gasteiger charge is 2.43. The highest BCUT2D eigenvalue weighted by atomic mass is 35.5. The first-order valence-corrected chi connectivity index (χ1v) is 8.91. The first-order valence-electron chi connectivity index (χ1n) is 7.37. The van der Waals surface area contributed by atoms with E-state index in [1.165, 1.54) is 11.8 Å². The molecule has 0 bridgehead atoms. The summed E-state index contributed by atoms with van der Waals surface area (Å²) in [5, 5.41) is 17.0. The third-order valence-electron chi connectivity index (χ3n) is 3.96. The summed E-state index contributed by atoms with van der Waals surface area (Å²) in [6.07, 6.45) is 0.409. The lowest BCUT2D eigenvalue weighted by molar-refractivity contribution is -0.143. The summed E-state index contributed by atoms with van der Waals surface area (Å²) in [5.74, 6) is -0.416. The van der Waals surface area contributed by atoms with E-state index in [4.69, 9.17) is 11.6 Å². The molecule has 2 N–H and O–H groups in total. The number of aliphatic carboxylic acids is 1. The minimum absolute atomic E-state index is 0.185. The Morgan fingerprint density at radius 2 is 2.21 bits per heavy atom. The predicted octanol–water partition coefficient (Wildman–Crippen LogP) is 2.52. The van der Waals surface area contributed by atoms with Crippen molar-refractivity contribution < 1.29 is 14.7 Å². The van der Waals surface area contributed by atoms with Gasteiger partial charge >= 0.3 is 5.97 Å². The number of hydrogen-bond acceptors (Lipinski definition) is 4. The molecule has 2 aromatic rings. The number of nitrogens with zero attached hydrogens (tertiary/aromatic N) is 2. The normalized spacial score (nSPS) is 20.1. The number of rotatable bonds is 4. The number of nitrogens with one attached hydrogen (secondary N) is 1. The fourth-order valence-corrected chi connectivity index (χ4v) is 4.13. The number of hydrogen-bond donors (Lipinski definition) is 2. The molecule has 0 aliphatic carbocycles. The second-order valence-corrected chi connectivity index (χ2v) is 7.25. The van der Waals surface area contributed by atoms with E-state index >= 15 is 0 Å². The van der Waals surface area contributed by atoms with Crippen LogP contribution in [0.25, 0.3) is 5.69 Å². The smallest absolute Gasteiger partial charge is 0.330 e. The van der Waals surface area contributed by atoms with Crippen LogP contribution in [0.3, 0.4) is 0 Å². The average molecular weight is 366 g/mol. The zero-order valence-electron chi connectivity index (χ0n) is 13.0. The van der Waals surface area contributed by atoms with Gasteiger partial charge in [0, 0.05) is 16.5 Å². The van der Waals surface area contributed by atoms with Crippen molar-refractivity contribution in [3.05, 3.63) is 46.7 Å². The third-order valence-corrected chi connectivity index (χ3v) is 5.38. The van der Waals surface area contributed by atoms with Gasteiger partial charge in [-0.15, -0.1) is 0 Å². The van der Waals surface area contributed by atoms with Crippen molar-refractivity contribution in [1.29, 1.82) is 0 Å². The van der Waals surface area contributed by atoms with Gasteiger partial charge in [0.1, 0.15) is 5.54 Å². The highest BCUT2D eigenvalue weighted by molar-refractivity contribution is 7.99. The lowest BCUT2D eigenvalue weighted by Crippen LogP contribution is -2.54. The minimum Gasteiger partial charge on any atom is -0.479 e. The van der Waals surface area contributed by atoms with Crippen molar-refractivity contribution in [2.75, 3.05) is 11.5 Å². The van der Waals surface area contributed by atoms with Gasteiger partial charge in [0.15, 0.2) is 5.69 Å². The molecule has 3 rings (SSSR count). The highest BCUT2D eigenvalue weighted by Crippen LogP contribution is 2.28. The molecule has 1 fully saturated rings. The molecular formula is C16H16ClN3O3S. The molecule has 1 aromatic carbocycles. The minimum atomic E-state index is -1.21. The number of carboxylic acid groups (broad SMARTS) is 1. The number of amides is 1. The Hall–Kier alpha value is -1.99. The Morgan fingerprint density at radius 1 is 1.42 bits per heavy atom. The van der Waals surface area contributed by atoms with E-state index in [1.54, 1.807) is 28.9 Å². The number of carbonyl (C=O) groups is 2. The summed E-state index contributed by atoms with van der Waals surface area (Å²) in [6, 6.07) is 8.77. The van der Waals surface area contributed by atoms with Crippen molar-refractivity contribution in [2.24, 2.45) is 0 Å². The van der Waals surface area contributed by atoms with Crippen LogP contribution in [-0.4, -0.2) is 43.8 Å². The van der Waals surface area contributed by atoms with E-state index in [9.17, 15) is 14.7 Å². The molecule has 2 heterocycles. The Balaban J connectivity index is 1.87. The second kappa shape index (κ2) is 6.49. The van der Waals surface area contributed by atoms with Crippen LogP contribution in [0.15, 0.2) is 30.3 Å². The van der Waals surface area contributed by atoms with Crippen molar-refractivity contribution in [1.82, 2.24) is 15.1 Å². The van der Waals surface area contributed by atoms with Crippen molar-refractivity contribution in [3.8, 4) is 5.69 Å². The van der Waals surface area contributed by atoms with Gasteiger partial charge in [-0.2, -0.15) is 16.9 Å². The zero-order valence-corrected chi connectivity index (χ0v) is 14.5. The molecule has 1 atom stereocenters. The fourth-order valence-electron chi connectivity index (χ4n) is 2.62. The Labute approximate surface area is 148 Å². The molecule has 1 unspecified atom stereocenters. The van der Waals surface area contributed by atoms with Crippen molar-refractivity contribution in [2.45, 2.75) is 18.9 Å². The summed E-state index contributed by atoms with van der Waals surface area (Å²) in [7, 11) is 0. The van der Waals surface area contributed by atoms with E-state index in [0.717, 1.165) is 11.4 Å². The summed E-state index contributed by atoms with van der Waals surface area (Å²) in [6.45, 7) is 1.82. The lowest BCUT2D eigenvalue weighted by atomic mass is 9.99. The van der Waals surface area contributed by atoms with Crippen LogP contribution in [0.2, 0.25) is 5.02 Å². The Bertz CT molecular complexity index is 800. The molecule has 1 aromatic heterocycles. The SMILES string of the molecule is Cc1cc(C(=O)NC2(C(=O)O)CCSC2)nn1-c1cccc(Cl)c1. The van der Waals surface area contributed by atoms with Crippen molar-refractivity contribution >= 4 is 35.2 Å². The second-order valence-electron chi connectivity index (χ2n) is 5.71. The average Bonchev–Trinajstić information content (AvgIpc) is 3.15. The largest absolute Gasteiger partial charge is 0.479 e. The number of aryl methyl sites for hydroxylation is 1. The van der Waals surface area contributed by atoms with Gasteiger partial charge in [-0.25, -0.2) is 9.48 Å². The standard InChI is InChI=1S/C16H16ClN3O3S/c1-10-7-13(19-20(10)12-4-2-3-11(17)8-12)14(21)18-16(15(22)23)5-6-24-9-16/h2-4,7-8H,5-6,9H2,1H3,(H,18,21)(H,22,23). The maximum Gasteiger partial charge on any atom is 0.330 e.